The zero-order valence-corrected chi connectivity index (χ0v) is 13.9. The minimum absolute atomic E-state index is 0.161. The van der Waals surface area contributed by atoms with Crippen molar-refractivity contribution in [2.45, 2.75) is 18.0 Å². The van der Waals surface area contributed by atoms with Crippen LogP contribution in [-0.4, -0.2) is 20.4 Å². The van der Waals surface area contributed by atoms with E-state index in [0.717, 1.165) is 5.56 Å². The number of nitrogens with one attached hydrogen (secondary N) is 2. The molecule has 21 heavy (non-hydrogen) atoms. The lowest BCUT2D eigenvalue weighted by Crippen LogP contribution is -2.24. The van der Waals surface area contributed by atoms with E-state index in [9.17, 15) is 8.42 Å². The van der Waals surface area contributed by atoms with Crippen LogP contribution in [0.2, 0.25) is 0 Å². The summed E-state index contributed by atoms with van der Waals surface area (Å²) >= 11 is 3.32. The van der Waals surface area contributed by atoms with Crippen LogP contribution in [0.25, 0.3) is 0 Å². The molecule has 0 unspecified atom stereocenters. The molecule has 0 aliphatic rings. The summed E-state index contributed by atoms with van der Waals surface area (Å²) in [5.41, 5.74) is 1.68. The van der Waals surface area contributed by atoms with Crippen molar-refractivity contribution in [1.29, 1.82) is 0 Å². The van der Waals surface area contributed by atoms with Gasteiger partial charge in [-0.05, 0) is 52.8 Å². The highest BCUT2D eigenvalue weighted by Crippen LogP contribution is 2.23. The van der Waals surface area contributed by atoms with E-state index in [1.54, 1.807) is 36.5 Å². The van der Waals surface area contributed by atoms with Crippen LogP contribution in [0.1, 0.15) is 11.3 Å². The molecule has 0 bridgehead atoms. The summed E-state index contributed by atoms with van der Waals surface area (Å²) in [4.78, 5) is 4.31. The fourth-order valence-electron chi connectivity index (χ4n) is 1.83. The summed E-state index contributed by atoms with van der Waals surface area (Å²) in [6.07, 6.45) is 1.63. The van der Waals surface area contributed by atoms with Crippen LogP contribution in [-0.2, 0) is 23.1 Å². The van der Waals surface area contributed by atoms with E-state index in [-0.39, 0.29) is 11.4 Å². The molecule has 2 rings (SSSR count). The number of pyridine rings is 1. The number of rotatable bonds is 6. The van der Waals surface area contributed by atoms with E-state index in [1.807, 2.05) is 13.1 Å². The number of nitrogens with zero attached hydrogens (tertiary/aromatic N) is 1. The molecule has 1 heterocycles. The van der Waals surface area contributed by atoms with Crippen LogP contribution in [0.5, 0.6) is 0 Å². The van der Waals surface area contributed by atoms with Crippen LogP contribution in [0, 0.1) is 0 Å². The SMILES string of the molecule is CNCc1ccc(S(=O)(=O)NCc2ccccn2)c(Br)c1. The highest BCUT2D eigenvalue weighted by molar-refractivity contribution is 9.10. The Labute approximate surface area is 133 Å². The average molecular weight is 370 g/mol. The summed E-state index contributed by atoms with van der Waals surface area (Å²) in [5.74, 6) is 0. The fourth-order valence-corrected chi connectivity index (χ4v) is 3.95. The smallest absolute Gasteiger partial charge is 0.242 e. The predicted octanol–water partition coefficient (Wildman–Crippen LogP) is 2.04. The lowest BCUT2D eigenvalue weighted by atomic mass is 10.2. The minimum Gasteiger partial charge on any atom is -0.316 e. The number of benzene rings is 1. The molecule has 7 heteroatoms. The first-order chi connectivity index (χ1) is 10.0. The highest BCUT2D eigenvalue weighted by Gasteiger charge is 2.17. The molecular formula is C14H16BrN3O2S. The molecule has 0 amide bonds. The van der Waals surface area contributed by atoms with E-state index in [2.05, 4.69) is 31.0 Å². The van der Waals surface area contributed by atoms with Gasteiger partial charge in [-0.25, -0.2) is 13.1 Å². The highest BCUT2D eigenvalue weighted by atomic mass is 79.9. The van der Waals surface area contributed by atoms with Crippen molar-refractivity contribution < 1.29 is 8.42 Å². The molecule has 112 valence electrons. The predicted molar refractivity (Wildman–Crippen MR) is 85.2 cm³/mol. The third kappa shape index (κ3) is 4.34. The first-order valence-corrected chi connectivity index (χ1v) is 8.63. The van der Waals surface area contributed by atoms with Crippen molar-refractivity contribution in [1.82, 2.24) is 15.0 Å². The largest absolute Gasteiger partial charge is 0.316 e. The standard InChI is InChI=1S/C14H16BrN3O2S/c1-16-9-11-5-6-14(13(15)8-11)21(19,20)18-10-12-4-2-3-7-17-12/h2-8,16,18H,9-10H2,1H3. The molecule has 1 aromatic carbocycles. The van der Waals surface area contributed by atoms with Crippen LogP contribution < -0.4 is 10.0 Å². The van der Waals surface area contributed by atoms with Crippen molar-refractivity contribution in [3.05, 3.63) is 58.3 Å². The van der Waals surface area contributed by atoms with Gasteiger partial charge in [0.25, 0.3) is 0 Å². The Kier molecular flexibility index (Phi) is 5.46. The molecule has 2 aromatic rings. The minimum atomic E-state index is -3.58. The van der Waals surface area contributed by atoms with E-state index in [1.165, 1.54) is 0 Å². The van der Waals surface area contributed by atoms with Crippen LogP contribution in [0.15, 0.2) is 52.0 Å². The zero-order valence-electron chi connectivity index (χ0n) is 11.5. The molecule has 1 aromatic heterocycles. The molecule has 0 aliphatic heterocycles. The lowest BCUT2D eigenvalue weighted by Gasteiger charge is -2.10. The summed E-state index contributed by atoms with van der Waals surface area (Å²) in [6.45, 7) is 0.841. The number of hydrogen-bond donors (Lipinski definition) is 2. The molecule has 0 saturated carbocycles. The number of hydrogen-bond acceptors (Lipinski definition) is 4. The Bertz CT molecular complexity index is 705. The third-order valence-electron chi connectivity index (χ3n) is 2.84. The van der Waals surface area contributed by atoms with Crippen molar-refractivity contribution in [3.63, 3.8) is 0 Å². The van der Waals surface area contributed by atoms with Gasteiger partial charge < -0.3 is 5.32 Å². The summed E-state index contributed by atoms with van der Waals surface area (Å²) in [7, 11) is -1.74. The van der Waals surface area contributed by atoms with E-state index >= 15 is 0 Å². The lowest BCUT2D eigenvalue weighted by molar-refractivity contribution is 0.580. The zero-order chi connectivity index (χ0) is 15.3. The van der Waals surface area contributed by atoms with Gasteiger partial charge in [-0.2, -0.15) is 0 Å². The molecule has 5 nitrogen and oxygen atoms in total. The van der Waals surface area contributed by atoms with Gasteiger partial charge in [-0.15, -0.1) is 0 Å². The monoisotopic (exact) mass is 369 g/mol. The second-order valence-electron chi connectivity index (χ2n) is 4.44. The molecule has 2 N–H and O–H groups in total. The Hall–Kier alpha value is -1.28. The van der Waals surface area contributed by atoms with Gasteiger partial charge in [0.05, 0.1) is 17.1 Å². The number of aromatic nitrogens is 1. The van der Waals surface area contributed by atoms with Crippen molar-refractivity contribution in [3.8, 4) is 0 Å². The van der Waals surface area contributed by atoms with Gasteiger partial charge in [-0.1, -0.05) is 12.1 Å². The van der Waals surface area contributed by atoms with Gasteiger partial charge in [-0.3, -0.25) is 4.98 Å². The third-order valence-corrected chi connectivity index (χ3v) is 5.21. The molecule has 0 aliphatic carbocycles. The van der Waals surface area contributed by atoms with Crippen molar-refractivity contribution in [2.75, 3.05) is 7.05 Å². The second-order valence-corrected chi connectivity index (χ2v) is 7.03. The Morgan fingerprint density at radius 3 is 2.62 bits per heavy atom. The Morgan fingerprint density at radius 2 is 2.00 bits per heavy atom. The summed E-state index contributed by atoms with van der Waals surface area (Å²) < 4.78 is 27.7. The second kappa shape index (κ2) is 7.13. The topological polar surface area (TPSA) is 71.1 Å². The van der Waals surface area contributed by atoms with Gasteiger partial charge in [0, 0.05) is 17.2 Å². The molecule has 0 spiro atoms. The van der Waals surface area contributed by atoms with Crippen molar-refractivity contribution >= 4 is 26.0 Å². The number of sulfonamides is 1. The normalized spacial score (nSPS) is 11.5. The first-order valence-electron chi connectivity index (χ1n) is 6.35. The van der Waals surface area contributed by atoms with Gasteiger partial charge >= 0.3 is 0 Å². The van der Waals surface area contributed by atoms with E-state index in [4.69, 9.17) is 0 Å². The average Bonchev–Trinajstić information content (AvgIpc) is 2.46. The quantitative estimate of drug-likeness (QED) is 0.817. The van der Waals surface area contributed by atoms with Gasteiger partial charge in [0.1, 0.15) is 0 Å². The van der Waals surface area contributed by atoms with Crippen molar-refractivity contribution in [2.24, 2.45) is 0 Å². The van der Waals surface area contributed by atoms with Gasteiger partial charge in [0.2, 0.25) is 10.0 Å². The number of halogens is 1. The van der Waals surface area contributed by atoms with Gasteiger partial charge in [0.15, 0.2) is 0 Å². The maximum Gasteiger partial charge on any atom is 0.242 e. The molecular weight excluding hydrogens is 354 g/mol. The summed E-state index contributed by atoms with van der Waals surface area (Å²) in [6, 6.07) is 10.6. The van der Waals surface area contributed by atoms with Crippen LogP contribution >= 0.6 is 15.9 Å². The first kappa shape index (κ1) is 16.1. The molecule has 0 saturated heterocycles. The maximum absolute atomic E-state index is 12.3. The van der Waals surface area contributed by atoms with Crippen LogP contribution in [0.3, 0.4) is 0 Å². The fraction of sp³-hybridized carbons (Fsp3) is 0.214. The van der Waals surface area contributed by atoms with E-state index < -0.39 is 10.0 Å². The molecule has 0 radical (unpaired) electrons. The Balaban J connectivity index is 2.16. The maximum atomic E-state index is 12.3. The molecule has 0 fully saturated rings. The molecule has 0 atom stereocenters. The Morgan fingerprint density at radius 1 is 1.19 bits per heavy atom. The van der Waals surface area contributed by atoms with Crippen LogP contribution in [0.4, 0.5) is 0 Å². The summed E-state index contributed by atoms with van der Waals surface area (Å²) in [5, 5.41) is 3.02. The van der Waals surface area contributed by atoms with E-state index in [0.29, 0.717) is 16.7 Å².